The molecule has 0 aromatic carbocycles. The maximum atomic E-state index is 4.78. The van der Waals surface area contributed by atoms with Crippen LogP contribution in [0.15, 0.2) is 6.07 Å². The Morgan fingerprint density at radius 1 is 1.00 bits per heavy atom. The van der Waals surface area contributed by atoms with Crippen molar-refractivity contribution in [3.05, 3.63) is 11.8 Å². The quantitative estimate of drug-likeness (QED) is 0.635. The first-order chi connectivity index (χ1) is 11.5. The van der Waals surface area contributed by atoms with Crippen LogP contribution in [0.1, 0.15) is 84.8 Å². The van der Waals surface area contributed by atoms with E-state index in [0.717, 1.165) is 37.1 Å². The zero-order valence-electron chi connectivity index (χ0n) is 16.2. The Labute approximate surface area is 148 Å². The number of unbranched alkanes of at least 4 members (excludes halogenated alkanes) is 5. The molecule has 4 nitrogen and oxygen atoms in total. The summed E-state index contributed by atoms with van der Waals surface area (Å²) in [7, 11) is 0. The normalized spacial score (nSPS) is 15.1. The van der Waals surface area contributed by atoms with Crippen molar-refractivity contribution in [1.29, 1.82) is 0 Å². The van der Waals surface area contributed by atoms with E-state index in [9.17, 15) is 0 Å². The molecule has 1 saturated heterocycles. The summed E-state index contributed by atoms with van der Waals surface area (Å²) in [5.41, 5.74) is 1.18. The van der Waals surface area contributed by atoms with Crippen LogP contribution in [0.3, 0.4) is 0 Å². The summed E-state index contributed by atoms with van der Waals surface area (Å²) in [6.45, 7) is 12.1. The van der Waals surface area contributed by atoms with Gasteiger partial charge in [0.15, 0.2) is 0 Å². The van der Waals surface area contributed by atoms with Crippen LogP contribution in [0.5, 0.6) is 0 Å². The van der Waals surface area contributed by atoms with Gasteiger partial charge in [0.05, 0.1) is 5.69 Å². The molecule has 1 aliphatic rings. The van der Waals surface area contributed by atoms with E-state index in [-0.39, 0.29) is 5.41 Å². The maximum Gasteiger partial charge on any atom is 0.224 e. The summed E-state index contributed by atoms with van der Waals surface area (Å²) >= 11 is 0. The summed E-state index contributed by atoms with van der Waals surface area (Å²) < 4.78 is 0. The zero-order valence-corrected chi connectivity index (χ0v) is 16.2. The number of hydrogen-bond donors (Lipinski definition) is 1. The minimum Gasteiger partial charge on any atom is -0.356 e. The predicted molar refractivity (Wildman–Crippen MR) is 104 cm³/mol. The highest BCUT2D eigenvalue weighted by atomic mass is 15.2. The number of hydrogen-bond acceptors (Lipinski definition) is 4. The molecule has 0 saturated carbocycles. The standard InChI is InChI=1S/C20H36N4/c1-5-6-7-8-9-10-13-21-19-22-17(20(2,3)4)16-18(23-19)24-14-11-12-15-24/h16H,5-15H2,1-4H3,(H,21,22,23). The van der Waals surface area contributed by atoms with Crippen molar-refractivity contribution >= 4 is 11.8 Å². The van der Waals surface area contributed by atoms with Crippen molar-refractivity contribution in [2.75, 3.05) is 29.9 Å². The monoisotopic (exact) mass is 332 g/mol. The van der Waals surface area contributed by atoms with Crippen LogP contribution >= 0.6 is 0 Å². The molecule has 4 heteroatoms. The summed E-state index contributed by atoms with van der Waals surface area (Å²) in [6.07, 6.45) is 10.4. The van der Waals surface area contributed by atoms with Crippen LogP contribution in [0.2, 0.25) is 0 Å². The molecular formula is C20H36N4. The number of nitrogens with one attached hydrogen (secondary N) is 1. The lowest BCUT2D eigenvalue weighted by Gasteiger charge is -2.23. The highest BCUT2D eigenvalue weighted by Crippen LogP contribution is 2.27. The minimum atomic E-state index is 0.0496. The molecule has 1 N–H and O–H groups in total. The summed E-state index contributed by atoms with van der Waals surface area (Å²) in [5, 5.41) is 3.46. The molecule has 0 amide bonds. The van der Waals surface area contributed by atoms with Crippen molar-refractivity contribution < 1.29 is 0 Å². The second kappa shape index (κ2) is 9.24. The number of rotatable bonds is 9. The summed E-state index contributed by atoms with van der Waals surface area (Å²) in [5.74, 6) is 1.90. The van der Waals surface area contributed by atoms with Crippen molar-refractivity contribution in [3.63, 3.8) is 0 Å². The third-order valence-electron chi connectivity index (χ3n) is 4.72. The molecule has 1 fully saturated rings. The van der Waals surface area contributed by atoms with Gasteiger partial charge in [-0.3, -0.25) is 0 Å². The predicted octanol–water partition coefficient (Wildman–Crippen LogP) is 5.15. The Morgan fingerprint density at radius 3 is 2.33 bits per heavy atom. The van der Waals surface area contributed by atoms with Gasteiger partial charge in [0.1, 0.15) is 5.82 Å². The molecule has 24 heavy (non-hydrogen) atoms. The van der Waals surface area contributed by atoms with E-state index in [1.165, 1.54) is 51.4 Å². The first kappa shape index (κ1) is 19.0. The fourth-order valence-corrected chi connectivity index (χ4v) is 3.11. The number of anilines is 2. The minimum absolute atomic E-state index is 0.0496. The Hall–Kier alpha value is -1.32. The molecule has 136 valence electrons. The van der Waals surface area contributed by atoms with E-state index in [1.54, 1.807) is 0 Å². The number of nitrogens with zero attached hydrogens (tertiary/aromatic N) is 3. The van der Waals surface area contributed by atoms with Gasteiger partial charge in [0, 0.05) is 31.1 Å². The van der Waals surface area contributed by atoms with Gasteiger partial charge in [-0.1, -0.05) is 59.8 Å². The second-order valence-electron chi connectivity index (χ2n) is 8.07. The molecule has 1 aliphatic heterocycles. The topological polar surface area (TPSA) is 41.1 Å². The molecule has 1 aromatic rings. The zero-order chi connectivity index (χ0) is 17.4. The summed E-state index contributed by atoms with van der Waals surface area (Å²) in [6, 6.07) is 2.18. The van der Waals surface area contributed by atoms with Gasteiger partial charge in [0.25, 0.3) is 0 Å². The Morgan fingerprint density at radius 2 is 1.67 bits per heavy atom. The van der Waals surface area contributed by atoms with Gasteiger partial charge >= 0.3 is 0 Å². The van der Waals surface area contributed by atoms with Gasteiger partial charge in [-0.15, -0.1) is 0 Å². The average Bonchev–Trinajstić information content (AvgIpc) is 3.07. The molecular weight excluding hydrogens is 296 g/mol. The van der Waals surface area contributed by atoms with Crippen molar-refractivity contribution in [2.45, 2.75) is 84.5 Å². The molecule has 2 rings (SSSR count). The molecule has 0 aliphatic carbocycles. The van der Waals surface area contributed by atoms with Gasteiger partial charge in [-0.05, 0) is 19.3 Å². The lowest BCUT2D eigenvalue weighted by atomic mass is 9.92. The largest absolute Gasteiger partial charge is 0.356 e. The third-order valence-corrected chi connectivity index (χ3v) is 4.72. The van der Waals surface area contributed by atoms with Crippen LogP contribution in [-0.2, 0) is 5.41 Å². The molecule has 0 spiro atoms. The smallest absolute Gasteiger partial charge is 0.224 e. The van der Waals surface area contributed by atoms with Crippen LogP contribution in [0, 0.1) is 0 Å². The van der Waals surface area contributed by atoms with E-state index in [4.69, 9.17) is 9.97 Å². The van der Waals surface area contributed by atoms with Gasteiger partial charge in [-0.25, -0.2) is 4.98 Å². The Balaban J connectivity index is 1.93. The first-order valence-corrected chi connectivity index (χ1v) is 9.89. The van der Waals surface area contributed by atoms with E-state index in [0.29, 0.717) is 0 Å². The molecule has 0 atom stereocenters. The SMILES string of the molecule is CCCCCCCCNc1nc(N2CCCC2)cc(C(C)(C)C)n1. The van der Waals surface area contributed by atoms with Crippen molar-refractivity contribution in [1.82, 2.24) is 9.97 Å². The molecule has 0 radical (unpaired) electrons. The molecule has 1 aromatic heterocycles. The fraction of sp³-hybridized carbons (Fsp3) is 0.800. The highest BCUT2D eigenvalue weighted by Gasteiger charge is 2.21. The highest BCUT2D eigenvalue weighted by molar-refractivity contribution is 5.46. The summed E-state index contributed by atoms with van der Waals surface area (Å²) in [4.78, 5) is 11.9. The van der Waals surface area contributed by atoms with Gasteiger partial charge in [0.2, 0.25) is 5.95 Å². The van der Waals surface area contributed by atoms with Crippen LogP contribution in [0.25, 0.3) is 0 Å². The maximum absolute atomic E-state index is 4.78. The molecule has 0 bridgehead atoms. The van der Waals surface area contributed by atoms with Crippen molar-refractivity contribution in [2.24, 2.45) is 0 Å². The third kappa shape index (κ3) is 5.95. The average molecular weight is 333 g/mol. The van der Waals surface area contributed by atoms with E-state index in [2.05, 4.69) is 44.0 Å². The van der Waals surface area contributed by atoms with Gasteiger partial charge in [-0.2, -0.15) is 4.98 Å². The van der Waals surface area contributed by atoms with E-state index >= 15 is 0 Å². The fourth-order valence-electron chi connectivity index (χ4n) is 3.11. The van der Waals surface area contributed by atoms with E-state index in [1.807, 2.05) is 0 Å². The van der Waals surface area contributed by atoms with E-state index < -0.39 is 0 Å². The Bertz CT molecular complexity index is 487. The van der Waals surface area contributed by atoms with Crippen LogP contribution < -0.4 is 10.2 Å². The van der Waals surface area contributed by atoms with Gasteiger partial charge < -0.3 is 10.2 Å². The van der Waals surface area contributed by atoms with Crippen LogP contribution in [-0.4, -0.2) is 29.6 Å². The first-order valence-electron chi connectivity index (χ1n) is 9.89. The lowest BCUT2D eigenvalue weighted by molar-refractivity contribution is 0.567. The molecule has 2 heterocycles. The van der Waals surface area contributed by atoms with Crippen LogP contribution in [0.4, 0.5) is 11.8 Å². The Kier molecular flexibility index (Phi) is 7.32. The molecule has 0 unspecified atom stereocenters. The van der Waals surface area contributed by atoms with Crippen molar-refractivity contribution in [3.8, 4) is 0 Å². The lowest BCUT2D eigenvalue weighted by Crippen LogP contribution is -2.23. The second-order valence-corrected chi connectivity index (χ2v) is 8.07. The number of aromatic nitrogens is 2.